The number of nitrogens with zero attached hydrogens (tertiary/aromatic N) is 2. The smallest absolute Gasteiger partial charge is 0.317 e. The minimum atomic E-state index is -0.0359. The van der Waals surface area contributed by atoms with Crippen LogP contribution in [0.1, 0.15) is 52.0 Å². The van der Waals surface area contributed by atoms with Crippen molar-refractivity contribution in [2.24, 2.45) is 5.92 Å². The number of hydrogen-bond acceptors (Lipinski definition) is 5. The lowest BCUT2D eigenvalue weighted by Crippen LogP contribution is -2.49. The molecule has 1 aromatic rings. The molecular weight excluding hydrogens is 420 g/mol. The molecule has 2 heterocycles. The highest BCUT2D eigenvalue weighted by Crippen LogP contribution is 2.32. The van der Waals surface area contributed by atoms with Gasteiger partial charge in [0.1, 0.15) is 0 Å². The number of carbonyl (C=O) groups excluding carboxylic acids is 2. The first kappa shape index (κ1) is 25.1. The number of benzene rings is 1. The van der Waals surface area contributed by atoms with Crippen molar-refractivity contribution in [2.45, 2.75) is 58.9 Å². The number of likely N-dealkylation sites (tertiary alicyclic amines) is 1. The topological polar surface area (TPSA) is 83.1 Å². The Labute approximate surface area is 198 Å². The maximum Gasteiger partial charge on any atom is 0.317 e. The summed E-state index contributed by atoms with van der Waals surface area (Å²) >= 11 is 0. The number of aryl methyl sites for hydroxylation is 1. The molecule has 0 unspecified atom stereocenters. The van der Waals surface area contributed by atoms with Gasteiger partial charge in [0.15, 0.2) is 11.5 Å². The van der Waals surface area contributed by atoms with Gasteiger partial charge in [0, 0.05) is 31.6 Å². The zero-order chi connectivity index (χ0) is 23.6. The summed E-state index contributed by atoms with van der Waals surface area (Å²) in [5.74, 6) is 1.72. The lowest BCUT2D eigenvalue weighted by molar-refractivity contribution is -0.126. The van der Waals surface area contributed by atoms with Crippen molar-refractivity contribution >= 4 is 11.9 Å². The lowest BCUT2D eigenvalue weighted by atomic mass is 9.96. The third-order valence-corrected chi connectivity index (χ3v) is 6.67. The number of fused-ring (bicyclic) bond motifs is 1. The van der Waals surface area contributed by atoms with Crippen LogP contribution >= 0.6 is 0 Å². The van der Waals surface area contributed by atoms with Gasteiger partial charge in [-0.3, -0.25) is 4.79 Å². The van der Waals surface area contributed by atoms with E-state index >= 15 is 0 Å². The molecule has 1 fully saturated rings. The number of rotatable bonds is 11. The molecule has 0 radical (unpaired) electrons. The Morgan fingerprint density at radius 3 is 2.61 bits per heavy atom. The van der Waals surface area contributed by atoms with Crippen LogP contribution in [0.15, 0.2) is 18.2 Å². The van der Waals surface area contributed by atoms with Gasteiger partial charge in [-0.1, -0.05) is 19.9 Å². The molecule has 2 N–H and O–H groups in total. The van der Waals surface area contributed by atoms with Crippen molar-refractivity contribution < 1.29 is 19.1 Å². The average molecular weight is 461 g/mol. The van der Waals surface area contributed by atoms with E-state index in [4.69, 9.17) is 9.47 Å². The van der Waals surface area contributed by atoms with E-state index < -0.39 is 0 Å². The minimum Gasteiger partial charge on any atom is -0.454 e. The maximum atomic E-state index is 12.7. The van der Waals surface area contributed by atoms with Crippen LogP contribution in [-0.4, -0.2) is 73.8 Å². The summed E-state index contributed by atoms with van der Waals surface area (Å²) in [7, 11) is 0. The molecule has 1 saturated heterocycles. The number of nitrogens with one attached hydrogen (secondary N) is 2. The fourth-order valence-electron chi connectivity index (χ4n) is 4.40. The highest BCUT2D eigenvalue weighted by Gasteiger charge is 2.27. The Bertz CT molecular complexity index is 776. The standard InChI is InChI=1S/C25H40N4O4/c1-4-28(5-2)14-6-13-26-24(30)21-11-15-29(16-12-21)25(31)27-19(3)7-8-20-9-10-22-23(17-20)33-18-32-22/h9-10,17,19,21H,4-8,11-16,18H2,1-3H3,(H,26,30)(H,27,31)/t19-/m1/s1. The molecule has 1 atom stereocenters. The molecule has 8 heteroatoms. The van der Waals surface area contributed by atoms with E-state index in [1.165, 1.54) is 5.56 Å². The van der Waals surface area contributed by atoms with Gasteiger partial charge in [-0.2, -0.15) is 0 Å². The van der Waals surface area contributed by atoms with Crippen molar-refractivity contribution in [2.75, 3.05) is 46.1 Å². The van der Waals surface area contributed by atoms with Crippen LogP contribution in [0.2, 0.25) is 0 Å². The molecule has 3 amide bonds. The van der Waals surface area contributed by atoms with Crippen LogP contribution in [0, 0.1) is 5.92 Å². The zero-order valence-corrected chi connectivity index (χ0v) is 20.4. The van der Waals surface area contributed by atoms with Gasteiger partial charge in [-0.25, -0.2) is 4.79 Å². The van der Waals surface area contributed by atoms with E-state index in [0.717, 1.165) is 69.8 Å². The first-order valence-corrected chi connectivity index (χ1v) is 12.4. The Morgan fingerprint density at radius 2 is 1.88 bits per heavy atom. The van der Waals surface area contributed by atoms with E-state index in [1.807, 2.05) is 30.0 Å². The van der Waals surface area contributed by atoms with Crippen molar-refractivity contribution in [3.8, 4) is 11.5 Å². The normalized spacial score (nSPS) is 16.7. The quantitative estimate of drug-likeness (QED) is 0.496. The maximum absolute atomic E-state index is 12.7. The van der Waals surface area contributed by atoms with E-state index in [2.05, 4.69) is 29.4 Å². The fourth-order valence-corrected chi connectivity index (χ4v) is 4.40. The SMILES string of the molecule is CCN(CC)CCCNC(=O)C1CCN(C(=O)N[C@H](C)CCc2ccc3c(c2)OCO3)CC1. The summed E-state index contributed by atoms with van der Waals surface area (Å²) in [6.07, 6.45) is 4.12. The van der Waals surface area contributed by atoms with Crippen molar-refractivity contribution in [1.82, 2.24) is 20.4 Å². The molecule has 2 aliphatic heterocycles. The molecule has 33 heavy (non-hydrogen) atoms. The molecule has 0 spiro atoms. The molecule has 0 aliphatic carbocycles. The van der Waals surface area contributed by atoms with E-state index in [0.29, 0.717) is 13.1 Å². The van der Waals surface area contributed by atoms with Crippen molar-refractivity contribution in [3.05, 3.63) is 23.8 Å². The average Bonchev–Trinajstić information content (AvgIpc) is 3.31. The van der Waals surface area contributed by atoms with Gasteiger partial charge in [0.2, 0.25) is 12.7 Å². The zero-order valence-electron chi connectivity index (χ0n) is 20.4. The summed E-state index contributed by atoms with van der Waals surface area (Å²) in [6.45, 7) is 11.7. The predicted octanol–water partition coefficient (Wildman–Crippen LogP) is 3.01. The van der Waals surface area contributed by atoms with Crippen LogP contribution in [0.5, 0.6) is 11.5 Å². The van der Waals surface area contributed by atoms with Gasteiger partial charge in [-0.15, -0.1) is 0 Å². The van der Waals surface area contributed by atoms with Gasteiger partial charge in [0.25, 0.3) is 0 Å². The lowest BCUT2D eigenvalue weighted by Gasteiger charge is -2.32. The molecule has 3 rings (SSSR count). The highest BCUT2D eigenvalue weighted by atomic mass is 16.7. The van der Waals surface area contributed by atoms with Crippen molar-refractivity contribution in [3.63, 3.8) is 0 Å². The highest BCUT2D eigenvalue weighted by molar-refractivity contribution is 5.79. The van der Waals surface area contributed by atoms with E-state index in [9.17, 15) is 9.59 Å². The van der Waals surface area contributed by atoms with Gasteiger partial charge in [0.05, 0.1) is 0 Å². The van der Waals surface area contributed by atoms with Gasteiger partial charge in [-0.05, 0) is 76.4 Å². The van der Waals surface area contributed by atoms with Crippen LogP contribution in [0.4, 0.5) is 4.79 Å². The molecular formula is C25H40N4O4. The second-order valence-electron chi connectivity index (χ2n) is 9.01. The summed E-state index contributed by atoms with van der Waals surface area (Å²) in [4.78, 5) is 29.3. The summed E-state index contributed by atoms with van der Waals surface area (Å²) in [5, 5.41) is 6.18. The number of amides is 3. The Kier molecular flexibility index (Phi) is 9.66. The Balaban J connectivity index is 1.31. The molecule has 1 aromatic carbocycles. The van der Waals surface area contributed by atoms with E-state index in [1.54, 1.807) is 0 Å². The molecule has 184 valence electrons. The molecule has 0 saturated carbocycles. The summed E-state index contributed by atoms with van der Waals surface area (Å²) in [6, 6.07) is 6.02. The predicted molar refractivity (Wildman–Crippen MR) is 129 cm³/mol. The summed E-state index contributed by atoms with van der Waals surface area (Å²) in [5.41, 5.74) is 1.17. The number of urea groups is 1. The third-order valence-electron chi connectivity index (χ3n) is 6.67. The van der Waals surface area contributed by atoms with Crippen LogP contribution in [0.25, 0.3) is 0 Å². The second-order valence-corrected chi connectivity index (χ2v) is 9.01. The fraction of sp³-hybridized carbons (Fsp3) is 0.680. The van der Waals surface area contributed by atoms with Crippen molar-refractivity contribution in [1.29, 1.82) is 0 Å². The number of ether oxygens (including phenoxy) is 2. The molecule has 0 aromatic heterocycles. The Hall–Kier alpha value is -2.48. The molecule has 2 aliphatic rings. The number of piperidine rings is 1. The Morgan fingerprint density at radius 1 is 1.15 bits per heavy atom. The van der Waals surface area contributed by atoms with Gasteiger partial charge < -0.3 is 29.9 Å². The largest absolute Gasteiger partial charge is 0.454 e. The molecule has 0 bridgehead atoms. The summed E-state index contributed by atoms with van der Waals surface area (Å²) < 4.78 is 10.8. The van der Waals surface area contributed by atoms with Crippen LogP contribution in [-0.2, 0) is 11.2 Å². The first-order valence-electron chi connectivity index (χ1n) is 12.4. The molecule has 8 nitrogen and oxygen atoms in total. The minimum absolute atomic E-state index is 0.00549. The van der Waals surface area contributed by atoms with Gasteiger partial charge >= 0.3 is 6.03 Å². The number of hydrogen-bond donors (Lipinski definition) is 2. The van der Waals surface area contributed by atoms with Crippen LogP contribution in [0.3, 0.4) is 0 Å². The third kappa shape index (κ3) is 7.52. The second kappa shape index (κ2) is 12.7. The van der Waals surface area contributed by atoms with E-state index in [-0.39, 0.29) is 30.7 Å². The first-order chi connectivity index (χ1) is 16.0. The number of carbonyl (C=O) groups is 2. The van der Waals surface area contributed by atoms with Crippen LogP contribution < -0.4 is 20.1 Å². The monoisotopic (exact) mass is 460 g/mol.